The molecule has 0 aliphatic carbocycles. The Hall–Kier alpha value is -2.67. The summed E-state index contributed by atoms with van der Waals surface area (Å²) in [5, 5.41) is 6.97. The molecular formula is C20H19FN4OS. The van der Waals surface area contributed by atoms with Crippen molar-refractivity contribution in [1.82, 2.24) is 15.2 Å². The van der Waals surface area contributed by atoms with Crippen LogP contribution in [0.3, 0.4) is 0 Å². The fourth-order valence-electron chi connectivity index (χ4n) is 3.26. The molecule has 2 heterocycles. The van der Waals surface area contributed by atoms with Gasteiger partial charge in [0, 0.05) is 12.2 Å². The van der Waals surface area contributed by atoms with Gasteiger partial charge in [-0.1, -0.05) is 42.1 Å². The molecule has 138 valence electrons. The zero-order valence-electron chi connectivity index (χ0n) is 14.9. The van der Waals surface area contributed by atoms with Gasteiger partial charge in [0.05, 0.1) is 10.8 Å². The van der Waals surface area contributed by atoms with E-state index in [1.807, 2.05) is 30.0 Å². The smallest absolute Gasteiger partial charge is 0.240 e. The maximum atomic E-state index is 13.9. The zero-order chi connectivity index (χ0) is 18.8. The van der Waals surface area contributed by atoms with Crippen molar-refractivity contribution >= 4 is 23.4 Å². The van der Waals surface area contributed by atoms with E-state index in [1.54, 1.807) is 18.2 Å². The molecule has 4 rings (SSSR count). The van der Waals surface area contributed by atoms with E-state index >= 15 is 0 Å². The maximum Gasteiger partial charge on any atom is 0.240 e. The van der Waals surface area contributed by atoms with Crippen LogP contribution >= 0.6 is 11.8 Å². The van der Waals surface area contributed by atoms with Gasteiger partial charge in [0.25, 0.3) is 0 Å². The first kappa shape index (κ1) is 17.7. The molecule has 0 radical (unpaired) electrons. The predicted molar refractivity (Wildman–Crippen MR) is 104 cm³/mol. The van der Waals surface area contributed by atoms with E-state index in [-0.39, 0.29) is 17.0 Å². The Morgan fingerprint density at radius 1 is 1.22 bits per heavy atom. The standard InChI is InChI=1S/C20H19FN4OS/c1-13(19(26)25-12-6-8-14-7-2-5-11-17(14)25)27-20-22-18(23-24-20)15-9-3-4-10-16(15)21/h2-5,7,9-11,13H,6,8,12H2,1H3,(H,22,23,24). The molecule has 1 aromatic heterocycles. The number of hydrogen-bond donors (Lipinski definition) is 1. The van der Waals surface area contributed by atoms with Gasteiger partial charge in [0.1, 0.15) is 5.82 Å². The lowest BCUT2D eigenvalue weighted by Crippen LogP contribution is -2.40. The summed E-state index contributed by atoms with van der Waals surface area (Å²) >= 11 is 1.27. The molecule has 1 unspecified atom stereocenters. The van der Waals surface area contributed by atoms with E-state index in [4.69, 9.17) is 0 Å². The number of nitrogens with zero attached hydrogens (tertiary/aromatic N) is 3. The summed E-state index contributed by atoms with van der Waals surface area (Å²) in [4.78, 5) is 19.2. The summed E-state index contributed by atoms with van der Waals surface area (Å²) in [6.45, 7) is 2.57. The molecule has 1 atom stereocenters. The molecule has 0 spiro atoms. The Kier molecular flexibility index (Phi) is 4.94. The Balaban J connectivity index is 1.50. The number of aryl methyl sites for hydroxylation is 1. The summed E-state index contributed by atoms with van der Waals surface area (Å²) in [5.41, 5.74) is 2.55. The van der Waals surface area contributed by atoms with Crippen LogP contribution in [0.25, 0.3) is 11.4 Å². The molecular weight excluding hydrogens is 363 g/mol. The summed E-state index contributed by atoms with van der Waals surface area (Å²) < 4.78 is 13.9. The number of H-pyrrole nitrogens is 1. The molecule has 3 aromatic rings. The first-order valence-electron chi connectivity index (χ1n) is 8.87. The van der Waals surface area contributed by atoms with Crippen LogP contribution in [0.1, 0.15) is 18.9 Å². The lowest BCUT2D eigenvalue weighted by Gasteiger charge is -2.31. The Labute approximate surface area is 161 Å². The van der Waals surface area contributed by atoms with E-state index < -0.39 is 0 Å². The number of thioether (sulfide) groups is 1. The van der Waals surface area contributed by atoms with Crippen molar-refractivity contribution in [3.05, 3.63) is 59.9 Å². The second-order valence-electron chi connectivity index (χ2n) is 6.43. The monoisotopic (exact) mass is 382 g/mol. The van der Waals surface area contributed by atoms with Crippen LogP contribution in [0.5, 0.6) is 0 Å². The summed E-state index contributed by atoms with van der Waals surface area (Å²) in [6.07, 6.45) is 1.95. The Morgan fingerprint density at radius 2 is 2.00 bits per heavy atom. The van der Waals surface area contributed by atoms with Gasteiger partial charge in [0.15, 0.2) is 5.82 Å². The zero-order valence-corrected chi connectivity index (χ0v) is 15.7. The highest BCUT2D eigenvalue weighted by Gasteiger charge is 2.27. The first-order chi connectivity index (χ1) is 13.1. The van der Waals surface area contributed by atoms with Crippen molar-refractivity contribution in [2.24, 2.45) is 0 Å². The fraction of sp³-hybridized carbons (Fsp3) is 0.250. The Morgan fingerprint density at radius 3 is 2.85 bits per heavy atom. The second kappa shape index (κ2) is 7.52. The minimum Gasteiger partial charge on any atom is -0.311 e. The van der Waals surface area contributed by atoms with E-state index in [9.17, 15) is 9.18 Å². The van der Waals surface area contributed by atoms with Gasteiger partial charge >= 0.3 is 0 Å². The Bertz CT molecular complexity index is 974. The molecule has 5 nitrogen and oxygen atoms in total. The van der Waals surface area contributed by atoms with Crippen molar-refractivity contribution < 1.29 is 9.18 Å². The number of nitrogens with one attached hydrogen (secondary N) is 1. The maximum absolute atomic E-state index is 13.9. The molecule has 0 saturated carbocycles. The summed E-state index contributed by atoms with van der Waals surface area (Å²) in [5.74, 6) is 0.0298. The molecule has 1 aliphatic heterocycles. The highest BCUT2D eigenvalue weighted by atomic mass is 32.2. The molecule has 7 heteroatoms. The number of hydrogen-bond acceptors (Lipinski definition) is 4. The van der Waals surface area contributed by atoms with Gasteiger partial charge in [-0.15, -0.1) is 5.10 Å². The van der Waals surface area contributed by atoms with Crippen molar-refractivity contribution in [2.75, 3.05) is 11.4 Å². The highest BCUT2D eigenvalue weighted by molar-refractivity contribution is 8.00. The number of carbonyl (C=O) groups excluding carboxylic acids is 1. The summed E-state index contributed by atoms with van der Waals surface area (Å²) in [6, 6.07) is 14.4. The number of rotatable bonds is 4. The van der Waals surface area contributed by atoms with Crippen LogP contribution in [0.15, 0.2) is 53.7 Å². The number of anilines is 1. The van der Waals surface area contributed by atoms with Crippen LogP contribution in [-0.2, 0) is 11.2 Å². The van der Waals surface area contributed by atoms with Crippen LogP contribution in [0.2, 0.25) is 0 Å². The van der Waals surface area contributed by atoms with Gasteiger partial charge in [-0.05, 0) is 43.5 Å². The van der Waals surface area contributed by atoms with Gasteiger partial charge < -0.3 is 4.90 Å². The van der Waals surface area contributed by atoms with Crippen LogP contribution in [-0.4, -0.2) is 32.9 Å². The third-order valence-corrected chi connectivity index (χ3v) is 5.55. The minimum atomic E-state index is -0.362. The molecule has 27 heavy (non-hydrogen) atoms. The van der Waals surface area contributed by atoms with Crippen molar-refractivity contribution in [2.45, 2.75) is 30.2 Å². The number of aromatic nitrogens is 3. The number of fused-ring (bicyclic) bond motifs is 1. The largest absolute Gasteiger partial charge is 0.311 e. The molecule has 0 bridgehead atoms. The van der Waals surface area contributed by atoms with Gasteiger partial charge in [-0.25, -0.2) is 9.37 Å². The van der Waals surface area contributed by atoms with Crippen molar-refractivity contribution in [3.8, 4) is 11.4 Å². The number of carbonyl (C=O) groups is 1. The number of amides is 1. The molecule has 1 amide bonds. The average Bonchev–Trinajstić information content (AvgIpc) is 3.15. The number of benzene rings is 2. The quantitative estimate of drug-likeness (QED) is 0.691. The topological polar surface area (TPSA) is 61.9 Å². The average molecular weight is 382 g/mol. The highest BCUT2D eigenvalue weighted by Crippen LogP contribution is 2.30. The fourth-order valence-corrected chi connectivity index (χ4v) is 4.05. The van der Waals surface area contributed by atoms with Crippen LogP contribution < -0.4 is 4.90 Å². The summed E-state index contributed by atoms with van der Waals surface area (Å²) in [7, 11) is 0. The van der Waals surface area contributed by atoms with Gasteiger partial charge in [-0.2, -0.15) is 0 Å². The van der Waals surface area contributed by atoms with Crippen molar-refractivity contribution in [3.63, 3.8) is 0 Å². The molecule has 2 aromatic carbocycles. The second-order valence-corrected chi connectivity index (χ2v) is 7.74. The van der Waals surface area contributed by atoms with Crippen molar-refractivity contribution in [1.29, 1.82) is 0 Å². The third kappa shape index (κ3) is 3.60. The lowest BCUT2D eigenvalue weighted by molar-refractivity contribution is -0.117. The molecule has 0 saturated heterocycles. The van der Waals surface area contributed by atoms with E-state index in [0.717, 1.165) is 25.1 Å². The van der Waals surface area contributed by atoms with Crippen LogP contribution in [0, 0.1) is 5.82 Å². The SMILES string of the molecule is CC(Sc1n[nH]c(-c2ccccc2F)n1)C(=O)N1CCCc2ccccc21. The molecule has 0 fully saturated rings. The van der Waals surface area contributed by atoms with Gasteiger partial charge in [-0.3, -0.25) is 9.89 Å². The van der Waals surface area contributed by atoms with Gasteiger partial charge in [0.2, 0.25) is 11.1 Å². The van der Waals surface area contributed by atoms with Crippen LogP contribution in [0.4, 0.5) is 10.1 Å². The van der Waals surface area contributed by atoms with E-state index in [2.05, 4.69) is 21.2 Å². The number of aromatic amines is 1. The number of halogens is 1. The third-order valence-electron chi connectivity index (χ3n) is 4.60. The normalized spacial score (nSPS) is 14.7. The minimum absolute atomic E-state index is 0.0318. The first-order valence-corrected chi connectivity index (χ1v) is 9.74. The predicted octanol–water partition coefficient (Wildman–Crippen LogP) is 4.07. The lowest BCUT2D eigenvalue weighted by atomic mass is 10.0. The number of para-hydroxylation sites is 1. The molecule has 1 N–H and O–H groups in total. The van der Waals surface area contributed by atoms with E-state index in [1.165, 1.54) is 23.4 Å². The van der Waals surface area contributed by atoms with E-state index in [0.29, 0.717) is 16.5 Å². The molecule has 1 aliphatic rings.